The van der Waals surface area contributed by atoms with Gasteiger partial charge in [-0.3, -0.25) is 19.8 Å². The molecule has 0 saturated heterocycles. The van der Waals surface area contributed by atoms with E-state index in [1.807, 2.05) is 14.0 Å². The van der Waals surface area contributed by atoms with Crippen LogP contribution in [-0.4, -0.2) is 57.0 Å². The molecule has 3 heterocycles. The van der Waals surface area contributed by atoms with E-state index in [-0.39, 0.29) is 11.9 Å². The van der Waals surface area contributed by atoms with Crippen molar-refractivity contribution in [2.24, 2.45) is 4.99 Å². The van der Waals surface area contributed by atoms with E-state index in [1.165, 1.54) is 0 Å². The van der Waals surface area contributed by atoms with Gasteiger partial charge in [-0.05, 0) is 18.8 Å². The van der Waals surface area contributed by atoms with Gasteiger partial charge in [-0.15, -0.1) is 0 Å². The number of hydrogen-bond acceptors (Lipinski definition) is 6. The Hall–Kier alpha value is -1.89. The number of rotatable bonds is 5. The molecule has 1 aromatic heterocycles. The quantitative estimate of drug-likeness (QED) is 0.825. The summed E-state index contributed by atoms with van der Waals surface area (Å²) in [6.45, 7) is 3.89. The number of likely N-dealkylation sites (N-methyl/N-ethyl adjacent to an activating group) is 1. The van der Waals surface area contributed by atoms with Gasteiger partial charge in [0.25, 0.3) is 0 Å². The van der Waals surface area contributed by atoms with Crippen LogP contribution in [0.4, 0.5) is 0 Å². The van der Waals surface area contributed by atoms with Crippen molar-refractivity contribution in [2.45, 2.75) is 32.2 Å². The fourth-order valence-corrected chi connectivity index (χ4v) is 3.63. The summed E-state index contributed by atoms with van der Waals surface area (Å²) in [5.74, 6) is 0.125. The maximum absolute atomic E-state index is 12.6. The van der Waals surface area contributed by atoms with Gasteiger partial charge in [0.15, 0.2) is 5.17 Å². The fourth-order valence-electron chi connectivity index (χ4n) is 2.67. The SMILES string of the molecule is C[C@@H](Cc1cnccn1)N(C)C(=O)CC1=CSC2=NCCCN12. The number of hydrogen-bond donors (Lipinski definition) is 0. The summed E-state index contributed by atoms with van der Waals surface area (Å²) >= 11 is 1.62. The van der Waals surface area contributed by atoms with Gasteiger partial charge in [-0.25, -0.2) is 0 Å². The van der Waals surface area contributed by atoms with Crippen LogP contribution in [0, 0.1) is 0 Å². The summed E-state index contributed by atoms with van der Waals surface area (Å²) in [6, 6.07) is 0.0864. The van der Waals surface area contributed by atoms with Crippen molar-refractivity contribution in [3.63, 3.8) is 0 Å². The number of thioether (sulfide) groups is 1. The van der Waals surface area contributed by atoms with Crippen LogP contribution in [-0.2, 0) is 11.2 Å². The van der Waals surface area contributed by atoms with Gasteiger partial charge in [0.1, 0.15) is 0 Å². The number of amidine groups is 1. The van der Waals surface area contributed by atoms with Crippen LogP contribution in [0.3, 0.4) is 0 Å². The molecule has 0 fully saturated rings. The van der Waals surface area contributed by atoms with E-state index >= 15 is 0 Å². The predicted molar refractivity (Wildman–Crippen MR) is 91.9 cm³/mol. The van der Waals surface area contributed by atoms with Crippen molar-refractivity contribution in [2.75, 3.05) is 20.1 Å². The lowest BCUT2D eigenvalue weighted by atomic mass is 10.1. The van der Waals surface area contributed by atoms with Crippen molar-refractivity contribution in [3.05, 3.63) is 35.4 Å². The molecule has 122 valence electrons. The minimum absolute atomic E-state index is 0.0864. The third kappa shape index (κ3) is 3.72. The number of nitrogens with zero attached hydrogens (tertiary/aromatic N) is 5. The molecule has 0 aromatic carbocycles. The van der Waals surface area contributed by atoms with E-state index in [2.05, 4.69) is 25.3 Å². The Balaban J connectivity index is 1.57. The van der Waals surface area contributed by atoms with Crippen molar-refractivity contribution >= 4 is 22.8 Å². The van der Waals surface area contributed by atoms with E-state index in [9.17, 15) is 4.79 Å². The third-order valence-electron chi connectivity index (χ3n) is 4.17. The highest BCUT2D eigenvalue weighted by Crippen LogP contribution is 2.30. The predicted octanol–water partition coefficient (Wildman–Crippen LogP) is 1.91. The van der Waals surface area contributed by atoms with E-state index in [1.54, 1.807) is 35.3 Å². The number of carbonyl (C=O) groups is 1. The molecule has 2 aliphatic heterocycles. The maximum atomic E-state index is 12.6. The zero-order chi connectivity index (χ0) is 16.2. The van der Waals surface area contributed by atoms with Crippen LogP contribution >= 0.6 is 11.8 Å². The second-order valence-electron chi connectivity index (χ2n) is 5.83. The first-order valence-corrected chi connectivity index (χ1v) is 8.71. The largest absolute Gasteiger partial charge is 0.342 e. The molecule has 0 spiro atoms. The van der Waals surface area contributed by atoms with E-state index in [4.69, 9.17) is 0 Å². The molecule has 6 nitrogen and oxygen atoms in total. The van der Waals surface area contributed by atoms with Crippen LogP contribution in [0.2, 0.25) is 0 Å². The van der Waals surface area contributed by atoms with Gasteiger partial charge in [0.05, 0.1) is 12.1 Å². The molecule has 0 unspecified atom stereocenters. The zero-order valence-electron chi connectivity index (χ0n) is 13.5. The molecular weight excluding hydrogens is 310 g/mol. The van der Waals surface area contributed by atoms with Gasteiger partial charge in [-0.1, -0.05) is 11.8 Å². The van der Waals surface area contributed by atoms with Crippen LogP contribution < -0.4 is 0 Å². The summed E-state index contributed by atoms with van der Waals surface area (Å²) in [7, 11) is 1.86. The minimum atomic E-state index is 0.0864. The molecule has 1 amide bonds. The molecule has 0 aliphatic carbocycles. The van der Waals surface area contributed by atoms with Crippen molar-refractivity contribution < 1.29 is 4.79 Å². The molecule has 3 rings (SSSR count). The maximum Gasteiger partial charge on any atom is 0.228 e. The second kappa shape index (κ2) is 7.12. The van der Waals surface area contributed by atoms with Crippen LogP contribution in [0.15, 0.2) is 34.7 Å². The smallest absolute Gasteiger partial charge is 0.228 e. The van der Waals surface area contributed by atoms with Crippen LogP contribution in [0.1, 0.15) is 25.5 Å². The minimum Gasteiger partial charge on any atom is -0.342 e. The zero-order valence-corrected chi connectivity index (χ0v) is 14.3. The first-order valence-electron chi connectivity index (χ1n) is 7.83. The molecule has 7 heteroatoms. The van der Waals surface area contributed by atoms with Gasteiger partial charge < -0.3 is 9.80 Å². The monoisotopic (exact) mass is 331 g/mol. The molecule has 0 N–H and O–H groups in total. The topological polar surface area (TPSA) is 61.7 Å². The van der Waals surface area contributed by atoms with Gasteiger partial charge in [0, 0.05) is 56.9 Å². The van der Waals surface area contributed by atoms with Crippen molar-refractivity contribution in [3.8, 4) is 0 Å². The molecular formula is C16H21N5OS. The lowest BCUT2D eigenvalue weighted by Crippen LogP contribution is -2.38. The summed E-state index contributed by atoms with van der Waals surface area (Å²) < 4.78 is 0. The highest BCUT2D eigenvalue weighted by atomic mass is 32.2. The van der Waals surface area contributed by atoms with Crippen LogP contribution in [0.5, 0.6) is 0 Å². The molecule has 0 saturated carbocycles. The Bertz CT molecular complexity index is 631. The number of fused-ring (bicyclic) bond motifs is 1. The summed E-state index contributed by atoms with van der Waals surface area (Å²) in [5, 5.41) is 3.10. The van der Waals surface area contributed by atoms with Crippen molar-refractivity contribution in [1.82, 2.24) is 19.8 Å². The first-order chi connectivity index (χ1) is 11.1. The third-order valence-corrected chi connectivity index (χ3v) is 5.12. The average Bonchev–Trinajstić information content (AvgIpc) is 2.98. The number of amides is 1. The molecule has 23 heavy (non-hydrogen) atoms. The Labute approximate surface area is 140 Å². The van der Waals surface area contributed by atoms with Crippen LogP contribution in [0.25, 0.3) is 0 Å². The Morgan fingerprint density at radius 3 is 3.13 bits per heavy atom. The average molecular weight is 331 g/mol. The Kier molecular flexibility index (Phi) is 4.95. The first kappa shape index (κ1) is 16.0. The molecule has 0 radical (unpaired) electrons. The van der Waals surface area contributed by atoms with E-state index in [0.717, 1.165) is 36.1 Å². The van der Waals surface area contributed by atoms with Gasteiger partial charge in [0.2, 0.25) is 5.91 Å². The van der Waals surface area contributed by atoms with Crippen molar-refractivity contribution in [1.29, 1.82) is 0 Å². The Morgan fingerprint density at radius 2 is 2.35 bits per heavy atom. The van der Waals surface area contributed by atoms with Gasteiger partial charge in [-0.2, -0.15) is 0 Å². The lowest BCUT2D eigenvalue weighted by Gasteiger charge is -2.28. The number of carbonyl (C=O) groups excluding carboxylic acids is 1. The fraction of sp³-hybridized carbons (Fsp3) is 0.500. The number of aliphatic imine (C=N–C) groups is 1. The lowest BCUT2D eigenvalue weighted by molar-refractivity contribution is -0.131. The summed E-state index contributed by atoms with van der Waals surface area (Å²) in [6.07, 6.45) is 7.27. The Morgan fingerprint density at radius 1 is 1.48 bits per heavy atom. The normalized spacial score (nSPS) is 18.1. The molecule has 0 bridgehead atoms. The molecule has 1 aromatic rings. The second-order valence-corrected chi connectivity index (χ2v) is 6.66. The van der Waals surface area contributed by atoms with E-state index < -0.39 is 0 Å². The molecule has 1 atom stereocenters. The summed E-state index contributed by atoms with van der Waals surface area (Å²) in [5.41, 5.74) is 1.97. The highest BCUT2D eigenvalue weighted by molar-refractivity contribution is 8.16. The summed E-state index contributed by atoms with van der Waals surface area (Å²) in [4.78, 5) is 29.4. The molecule has 2 aliphatic rings. The number of aromatic nitrogens is 2. The highest BCUT2D eigenvalue weighted by Gasteiger charge is 2.27. The van der Waals surface area contributed by atoms with Gasteiger partial charge >= 0.3 is 0 Å². The standard InChI is InChI=1S/C16H21N5OS/c1-12(8-13-10-17-5-6-18-13)20(2)15(22)9-14-11-23-16-19-4-3-7-21(14)16/h5-6,10-12H,3-4,7-9H2,1-2H3/t12-/m0/s1. The van der Waals surface area contributed by atoms with E-state index in [0.29, 0.717) is 12.8 Å².